The van der Waals surface area contributed by atoms with Crippen LogP contribution in [0.1, 0.15) is 32.8 Å². The summed E-state index contributed by atoms with van der Waals surface area (Å²) in [7, 11) is -1.27. The fraction of sp³-hybridized carbons (Fsp3) is 0.455. The quantitative estimate of drug-likeness (QED) is 0.185. The molecule has 1 heterocycles. The fourth-order valence-electron chi connectivity index (χ4n) is 6.52. The van der Waals surface area contributed by atoms with Gasteiger partial charge in [-0.05, 0) is 21.0 Å². The number of aliphatic hydroxyl groups is 1. The van der Waals surface area contributed by atoms with Crippen molar-refractivity contribution >= 4 is 18.7 Å². The van der Waals surface area contributed by atoms with Crippen molar-refractivity contribution < 1.29 is 33.2 Å². The highest BCUT2D eigenvalue weighted by molar-refractivity contribution is 6.99. The van der Waals surface area contributed by atoms with Crippen molar-refractivity contribution in [2.75, 3.05) is 27.3 Å². The van der Waals surface area contributed by atoms with Crippen LogP contribution in [0, 0.1) is 5.92 Å². The van der Waals surface area contributed by atoms with Crippen molar-refractivity contribution in [3.05, 3.63) is 96.6 Å². The zero-order valence-corrected chi connectivity index (χ0v) is 25.4. The van der Waals surface area contributed by atoms with E-state index in [1.54, 1.807) is 7.11 Å². The molecule has 1 saturated heterocycles. The van der Waals surface area contributed by atoms with E-state index in [4.69, 9.17) is 28.1 Å². The van der Waals surface area contributed by atoms with Gasteiger partial charge in [-0.1, -0.05) is 112 Å². The van der Waals surface area contributed by atoms with Gasteiger partial charge in [0.15, 0.2) is 6.29 Å². The molecular formula is C33H42O7Si. The predicted octanol–water partition coefficient (Wildman–Crippen LogP) is 4.22. The van der Waals surface area contributed by atoms with Crippen molar-refractivity contribution in [2.24, 2.45) is 5.92 Å². The van der Waals surface area contributed by atoms with Crippen LogP contribution in [0.15, 0.2) is 91.0 Å². The Kier molecular flexibility index (Phi) is 9.42. The number of aliphatic hydroxyl groups excluding tert-OH is 1. The van der Waals surface area contributed by atoms with Crippen LogP contribution in [-0.4, -0.2) is 64.8 Å². The molecule has 5 rings (SSSR count). The van der Waals surface area contributed by atoms with E-state index in [1.807, 2.05) is 42.5 Å². The number of hydrogen-bond donors (Lipinski definition) is 1. The highest BCUT2D eigenvalue weighted by Gasteiger charge is 2.66. The van der Waals surface area contributed by atoms with Gasteiger partial charge in [-0.15, -0.1) is 0 Å². The van der Waals surface area contributed by atoms with Crippen LogP contribution < -0.4 is 10.4 Å². The predicted molar refractivity (Wildman–Crippen MR) is 159 cm³/mol. The Morgan fingerprint density at radius 2 is 1.44 bits per heavy atom. The lowest BCUT2D eigenvalue weighted by Gasteiger charge is -2.45. The zero-order chi connectivity index (χ0) is 28.9. The fourth-order valence-corrected chi connectivity index (χ4v) is 11.1. The Bertz CT molecular complexity index is 1180. The molecule has 0 radical (unpaired) electrons. The Hall–Kier alpha value is -2.40. The number of fused-ring (bicyclic) bond motifs is 2. The maximum absolute atomic E-state index is 11.1. The van der Waals surface area contributed by atoms with Gasteiger partial charge in [0, 0.05) is 13.5 Å². The van der Waals surface area contributed by atoms with Gasteiger partial charge in [-0.2, -0.15) is 0 Å². The molecule has 5 atom stereocenters. The second-order valence-electron chi connectivity index (χ2n) is 12.0. The first-order valence-electron chi connectivity index (χ1n) is 14.3. The highest BCUT2D eigenvalue weighted by Crippen LogP contribution is 2.51. The molecule has 0 spiro atoms. The van der Waals surface area contributed by atoms with E-state index in [-0.39, 0.29) is 31.3 Å². The lowest BCUT2D eigenvalue weighted by molar-refractivity contribution is -0.223. The third-order valence-electron chi connectivity index (χ3n) is 8.32. The average Bonchev–Trinajstić information content (AvgIpc) is 3.42. The minimum Gasteiger partial charge on any atom is -0.404 e. The first-order valence-corrected chi connectivity index (χ1v) is 16.2. The molecular weight excluding hydrogens is 536 g/mol. The summed E-state index contributed by atoms with van der Waals surface area (Å²) in [6.07, 6.45) is -1.32. The Labute approximate surface area is 244 Å². The third kappa shape index (κ3) is 6.07. The molecule has 2 aliphatic rings. The lowest BCUT2D eigenvalue weighted by Crippen LogP contribution is -2.68. The molecule has 1 aliphatic carbocycles. The van der Waals surface area contributed by atoms with Gasteiger partial charge in [0.1, 0.15) is 25.3 Å². The molecule has 220 valence electrons. The van der Waals surface area contributed by atoms with E-state index in [0.29, 0.717) is 13.0 Å². The van der Waals surface area contributed by atoms with Crippen LogP contribution in [0.3, 0.4) is 0 Å². The molecule has 8 heteroatoms. The van der Waals surface area contributed by atoms with Crippen molar-refractivity contribution in [2.45, 2.75) is 62.9 Å². The largest absolute Gasteiger partial charge is 0.404 e. The summed E-state index contributed by atoms with van der Waals surface area (Å²) in [6, 6.07) is 31.0. The van der Waals surface area contributed by atoms with E-state index in [0.717, 1.165) is 5.56 Å². The second-order valence-corrected chi connectivity index (χ2v) is 16.3. The summed E-state index contributed by atoms with van der Waals surface area (Å²) >= 11 is 0. The minimum absolute atomic E-state index is 0.0596. The Morgan fingerprint density at radius 1 is 0.854 bits per heavy atom. The number of benzene rings is 3. The number of ether oxygens (including phenoxy) is 5. The maximum atomic E-state index is 11.1. The second kappa shape index (κ2) is 12.9. The van der Waals surface area contributed by atoms with Gasteiger partial charge < -0.3 is 33.2 Å². The molecule has 2 bridgehead atoms. The van der Waals surface area contributed by atoms with Gasteiger partial charge in [0.05, 0.1) is 25.2 Å². The minimum atomic E-state index is -2.86. The Balaban J connectivity index is 1.44. The van der Waals surface area contributed by atoms with Crippen LogP contribution in [0.4, 0.5) is 0 Å². The monoisotopic (exact) mass is 578 g/mol. The first-order chi connectivity index (χ1) is 19.8. The summed E-state index contributed by atoms with van der Waals surface area (Å²) < 4.78 is 37.1. The molecule has 1 aliphatic heterocycles. The number of hydrogen-bond acceptors (Lipinski definition) is 7. The van der Waals surface area contributed by atoms with Gasteiger partial charge in [-0.3, -0.25) is 0 Å². The zero-order valence-electron chi connectivity index (χ0n) is 24.4. The number of rotatable bonds is 13. The van der Waals surface area contributed by atoms with Gasteiger partial charge >= 0.3 is 0 Å². The van der Waals surface area contributed by atoms with Crippen molar-refractivity contribution in [1.29, 1.82) is 0 Å². The smallest absolute Gasteiger partial charge is 0.261 e. The SMILES string of the molecule is COCOC1CC2(CO[Si](c3ccccc3)(c3ccccc3)C(C)(C)C)OC(O)C1C2OCOCc1ccccc1. The van der Waals surface area contributed by atoms with Crippen LogP contribution in [-0.2, 0) is 34.7 Å². The highest BCUT2D eigenvalue weighted by atomic mass is 28.4. The molecule has 2 fully saturated rings. The molecule has 0 aromatic heterocycles. The topological polar surface area (TPSA) is 75.6 Å². The van der Waals surface area contributed by atoms with Gasteiger partial charge in [0.25, 0.3) is 8.32 Å². The van der Waals surface area contributed by atoms with E-state index < -0.39 is 32.2 Å². The average molecular weight is 579 g/mol. The van der Waals surface area contributed by atoms with E-state index >= 15 is 0 Å². The lowest BCUT2D eigenvalue weighted by atomic mass is 10.0. The van der Waals surface area contributed by atoms with Gasteiger partial charge in [-0.25, -0.2) is 0 Å². The molecule has 7 nitrogen and oxygen atoms in total. The Morgan fingerprint density at radius 3 is 2.00 bits per heavy atom. The van der Waals surface area contributed by atoms with E-state index in [2.05, 4.69) is 69.3 Å². The van der Waals surface area contributed by atoms with Crippen LogP contribution in [0.5, 0.6) is 0 Å². The van der Waals surface area contributed by atoms with E-state index in [9.17, 15) is 5.11 Å². The molecule has 3 aromatic carbocycles. The number of methoxy groups -OCH3 is 1. The van der Waals surface area contributed by atoms with Crippen molar-refractivity contribution in [3.8, 4) is 0 Å². The standard InChI is InChI=1S/C33H42O7Si/c1-32(2,3)41(26-16-10-6-11-17-26,27-18-12-7-13-19-27)39-22-33-20-28(37-23-35-4)29(31(34)40-33)30(33)38-24-36-21-25-14-8-5-9-15-25/h5-19,28-31,34H,20-24H2,1-4H3. The summed E-state index contributed by atoms with van der Waals surface area (Å²) in [4.78, 5) is 0. The summed E-state index contributed by atoms with van der Waals surface area (Å²) in [5, 5.41) is 13.2. The van der Waals surface area contributed by atoms with Crippen LogP contribution in [0.2, 0.25) is 5.04 Å². The van der Waals surface area contributed by atoms with Gasteiger partial charge in [0.2, 0.25) is 0 Å². The van der Waals surface area contributed by atoms with Crippen LogP contribution in [0.25, 0.3) is 0 Å². The summed E-state index contributed by atoms with van der Waals surface area (Å²) in [5.74, 6) is -0.395. The summed E-state index contributed by atoms with van der Waals surface area (Å²) in [5.41, 5.74) is 0.152. The normalized spacial score (nSPS) is 26.0. The first kappa shape index (κ1) is 30.1. The van der Waals surface area contributed by atoms with Crippen molar-refractivity contribution in [1.82, 2.24) is 0 Å². The van der Waals surface area contributed by atoms with E-state index in [1.165, 1.54) is 10.4 Å². The molecule has 1 N–H and O–H groups in total. The molecule has 5 unspecified atom stereocenters. The molecule has 3 aromatic rings. The molecule has 0 amide bonds. The van der Waals surface area contributed by atoms with Crippen LogP contribution >= 0.6 is 0 Å². The maximum Gasteiger partial charge on any atom is 0.261 e. The third-order valence-corrected chi connectivity index (χ3v) is 13.3. The van der Waals surface area contributed by atoms with Crippen molar-refractivity contribution in [3.63, 3.8) is 0 Å². The molecule has 41 heavy (non-hydrogen) atoms. The summed E-state index contributed by atoms with van der Waals surface area (Å²) in [6.45, 7) is 7.58. The molecule has 1 saturated carbocycles.